The van der Waals surface area contributed by atoms with Gasteiger partial charge in [-0.1, -0.05) is 6.07 Å². The SMILES string of the molecule is COC(=O)[C@H]1O[C@@H](O[C@H]2[C@H](Oc3cc(O)c4c(=O)cc(-c5ccc(O)cc5)oc4c3)O[C@H](C(=O)OC)[C@@H](O)[C@@H]2O)[C@H](OC(=O)/C=C/c2ccc(O)c(O)c2)[C@@H](O)[C@@H]1O. The Morgan fingerprint density at radius 3 is 1.93 bits per heavy atom. The van der Waals surface area contributed by atoms with Crippen molar-refractivity contribution in [2.75, 3.05) is 14.2 Å². The van der Waals surface area contributed by atoms with E-state index in [0.29, 0.717) is 5.56 Å². The summed E-state index contributed by atoms with van der Waals surface area (Å²) in [4.78, 5) is 51.2. The van der Waals surface area contributed by atoms with Gasteiger partial charge in [-0.2, -0.15) is 0 Å². The first-order chi connectivity index (χ1) is 27.6. The maximum atomic E-state index is 13.0. The number of aromatic hydroxyl groups is 4. The van der Waals surface area contributed by atoms with Crippen LogP contribution >= 0.6 is 0 Å². The number of rotatable bonds is 10. The van der Waals surface area contributed by atoms with Crippen molar-refractivity contribution in [2.45, 2.75) is 61.4 Å². The first kappa shape index (κ1) is 41.4. The number of fused-ring (bicyclic) bond motifs is 1. The highest BCUT2D eigenvalue weighted by molar-refractivity contribution is 5.88. The van der Waals surface area contributed by atoms with Crippen LogP contribution in [-0.4, -0.2) is 134 Å². The smallest absolute Gasteiger partial charge is 0.337 e. The summed E-state index contributed by atoms with van der Waals surface area (Å²) >= 11 is 0. The minimum absolute atomic E-state index is 0.0282. The van der Waals surface area contributed by atoms with Crippen LogP contribution in [0.15, 0.2) is 76.0 Å². The molecule has 2 fully saturated rings. The van der Waals surface area contributed by atoms with E-state index in [9.17, 15) is 60.0 Å². The summed E-state index contributed by atoms with van der Waals surface area (Å²) in [5.74, 6) is -5.52. The third-order valence-electron chi connectivity index (χ3n) is 9.10. The molecule has 8 N–H and O–H groups in total. The zero-order chi connectivity index (χ0) is 42.0. The number of phenols is 4. The van der Waals surface area contributed by atoms with Crippen LogP contribution in [0.4, 0.5) is 0 Å². The second-order valence-electron chi connectivity index (χ2n) is 12.9. The number of benzene rings is 3. The van der Waals surface area contributed by atoms with Gasteiger partial charge in [0.25, 0.3) is 0 Å². The molecule has 0 radical (unpaired) electrons. The van der Waals surface area contributed by atoms with Crippen molar-refractivity contribution in [1.82, 2.24) is 0 Å². The third kappa shape index (κ3) is 8.52. The van der Waals surface area contributed by atoms with Gasteiger partial charge in [0.15, 0.2) is 47.6 Å². The van der Waals surface area contributed by atoms with Crippen molar-refractivity contribution in [3.63, 3.8) is 0 Å². The Morgan fingerprint density at radius 1 is 0.690 bits per heavy atom. The molecule has 2 saturated heterocycles. The zero-order valence-corrected chi connectivity index (χ0v) is 30.2. The molecule has 20 nitrogen and oxygen atoms in total. The molecule has 1 aromatic heterocycles. The fourth-order valence-corrected chi connectivity index (χ4v) is 6.12. The Hall–Kier alpha value is -6.26. The predicted octanol–water partition coefficient (Wildman–Crippen LogP) is -0.0890. The first-order valence-corrected chi connectivity index (χ1v) is 17.1. The highest BCUT2D eigenvalue weighted by atomic mass is 16.8. The molecule has 308 valence electrons. The topological polar surface area (TPSA) is 308 Å². The van der Waals surface area contributed by atoms with Crippen LogP contribution in [0.2, 0.25) is 0 Å². The fraction of sp³-hybridized carbons (Fsp3) is 0.316. The Morgan fingerprint density at radius 2 is 1.31 bits per heavy atom. The quantitative estimate of drug-likeness (QED) is 0.0449. The van der Waals surface area contributed by atoms with Crippen molar-refractivity contribution < 1.29 is 92.8 Å². The molecule has 10 atom stereocenters. The van der Waals surface area contributed by atoms with Crippen LogP contribution in [0.3, 0.4) is 0 Å². The van der Waals surface area contributed by atoms with Gasteiger partial charge in [0.2, 0.25) is 6.29 Å². The van der Waals surface area contributed by atoms with E-state index in [2.05, 4.69) is 9.47 Å². The molecule has 0 spiro atoms. The molecule has 3 heterocycles. The Labute approximate surface area is 325 Å². The maximum Gasteiger partial charge on any atom is 0.337 e. The number of hydrogen-bond donors (Lipinski definition) is 8. The van der Waals surface area contributed by atoms with Gasteiger partial charge in [0.05, 0.1) is 14.2 Å². The minimum Gasteiger partial charge on any atom is -0.508 e. The Bertz CT molecular complexity index is 2250. The van der Waals surface area contributed by atoms with E-state index >= 15 is 0 Å². The lowest BCUT2D eigenvalue weighted by atomic mass is 9.96. The average molecular weight is 813 g/mol. The second-order valence-corrected chi connectivity index (χ2v) is 12.9. The van der Waals surface area contributed by atoms with Gasteiger partial charge in [-0.15, -0.1) is 0 Å². The van der Waals surface area contributed by atoms with E-state index in [1.807, 2.05) is 0 Å². The minimum atomic E-state index is -2.15. The van der Waals surface area contributed by atoms with Crippen molar-refractivity contribution >= 4 is 35.0 Å². The summed E-state index contributed by atoms with van der Waals surface area (Å²) in [5.41, 5.74) is -0.293. The normalized spacial score (nSPS) is 27.2. The predicted molar refractivity (Wildman–Crippen MR) is 191 cm³/mol. The summed E-state index contributed by atoms with van der Waals surface area (Å²) in [7, 11) is 1.91. The molecule has 20 heteroatoms. The molecule has 58 heavy (non-hydrogen) atoms. The summed E-state index contributed by atoms with van der Waals surface area (Å²) in [6, 6.07) is 12.4. The first-order valence-electron chi connectivity index (χ1n) is 17.1. The fourth-order valence-electron chi connectivity index (χ4n) is 6.12. The van der Waals surface area contributed by atoms with Crippen molar-refractivity contribution in [1.29, 1.82) is 0 Å². The molecule has 2 aliphatic heterocycles. The van der Waals surface area contributed by atoms with Crippen molar-refractivity contribution in [2.24, 2.45) is 0 Å². The molecule has 0 bridgehead atoms. The number of esters is 3. The number of carbonyl (C=O) groups excluding carboxylic acids is 3. The number of aliphatic hydroxyl groups is 4. The molecule has 0 aliphatic carbocycles. The van der Waals surface area contributed by atoms with Gasteiger partial charge >= 0.3 is 17.9 Å². The standard InChI is InChI=1S/C38H36O20/c1-51-35(49)31-28(46)30(48)34(37(56-31)53-18-12-21(42)26-22(43)14-23(54-24(26)13-18)16-5-7-17(39)8-6-16)58-38-33(29(47)27(45)32(57-38)36(50)52-2)55-25(44)10-4-15-3-9-19(40)20(41)11-15/h3-14,27-34,37-42,45-48H,1-2H3/b10-4+/t27-,28-,29-,30-,31-,32-,33+,34+,37+,38-/m0/s1. The van der Waals surface area contributed by atoms with E-state index in [4.69, 9.17) is 28.1 Å². The number of hydrogen-bond acceptors (Lipinski definition) is 20. The summed E-state index contributed by atoms with van der Waals surface area (Å²) < 4.78 is 43.6. The van der Waals surface area contributed by atoms with Crippen LogP contribution in [0.25, 0.3) is 28.4 Å². The van der Waals surface area contributed by atoms with Gasteiger partial charge in [-0.05, 0) is 48.0 Å². The third-order valence-corrected chi connectivity index (χ3v) is 9.10. The molecular formula is C38H36O20. The molecule has 4 aromatic rings. The molecule has 0 unspecified atom stereocenters. The summed E-state index contributed by atoms with van der Waals surface area (Å²) in [6.45, 7) is 0. The molecule has 0 saturated carbocycles. The van der Waals surface area contributed by atoms with Crippen LogP contribution in [0.5, 0.6) is 28.7 Å². The molecule has 6 rings (SSSR count). The van der Waals surface area contributed by atoms with Gasteiger partial charge in [-0.25, -0.2) is 14.4 Å². The number of aliphatic hydroxyl groups excluding tert-OH is 4. The average Bonchev–Trinajstić information content (AvgIpc) is 3.19. The number of phenolic OH excluding ortho intramolecular Hbond substituents is 4. The number of carbonyl (C=O) groups is 3. The van der Waals surface area contributed by atoms with E-state index in [0.717, 1.165) is 56.7 Å². The second kappa shape index (κ2) is 17.1. The van der Waals surface area contributed by atoms with E-state index in [1.54, 1.807) is 0 Å². The Balaban J connectivity index is 1.34. The van der Waals surface area contributed by atoms with Gasteiger partial charge in [0.1, 0.15) is 58.4 Å². The lowest BCUT2D eigenvalue weighted by Gasteiger charge is -2.45. The molecule has 3 aromatic carbocycles. The highest BCUT2D eigenvalue weighted by Gasteiger charge is 2.55. The lowest BCUT2D eigenvalue weighted by Crippen LogP contribution is -2.66. The molecule has 2 aliphatic rings. The maximum absolute atomic E-state index is 13.0. The van der Waals surface area contributed by atoms with Gasteiger partial charge < -0.3 is 78.4 Å². The number of ether oxygens (including phenoxy) is 7. The monoisotopic (exact) mass is 812 g/mol. The van der Waals surface area contributed by atoms with Crippen LogP contribution < -0.4 is 10.2 Å². The number of methoxy groups -OCH3 is 2. The van der Waals surface area contributed by atoms with Crippen molar-refractivity contribution in [3.05, 3.63) is 82.5 Å². The zero-order valence-electron chi connectivity index (χ0n) is 30.2. The van der Waals surface area contributed by atoms with Crippen LogP contribution in [0, 0.1) is 0 Å². The van der Waals surface area contributed by atoms with Crippen LogP contribution in [-0.2, 0) is 42.8 Å². The largest absolute Gasteiger partial charge is 0.508 e. The Kier molecular flexibility index (Phi) is 12.2. The molecular weight excluding hydrogens is 776 g/mol. The summed E-state index contributed by atoms with van der Waals surface area (Å²) in [6.07, 6.45) is -18.5. The van der Waals surface area contributed by atoms with E-state index in [1.165, 1.54) is 30.3 Å². The van der Waals surface area contributed by atoms with E-state index in [-0.39, 0.29) is 33.8 Å². The molecule has 0 amide bonds. The van der Waals surface area contributed by atoms with E-state index < -0.39 is 102 Å². The highest BCUT2D eigenvalue weighted by Crippen LogP contribution is 2.36. The van der Waals surface area contributed by atoms with Crippen molar-refractivity contribution in [3.8, 4) is 40.1 Å². The van der Waals surface area contributed by atoms with Crippen LogP contribution in [0.1, 0.15) is 5.56 Å². The summed E-state index contributed by atoms with van der Waals surface area (Å²) in [5, 5.41) is 83.8. The van der Waals surface area contributed by atoms with Gasteiger partial charge in [-0.3, -0.25) is 4.79 Å². The van der Waals surface area contributed by atoms with Gasteiger partial charge in [0, 0.05) is 29.8 Å². The lowest BCUT2D eigenvalue weighted by molar-refractivity contribution is -0.351.